The van der Waals surface area contributed by atoms with E-state index in [9.17, 15) is 0 Å². The number of hydrogen-bond donors (Lipinski definition) is 0. The lowest BCUT2D eigenvalue weighted by Crippen LogP contribution is -2.12. The minimum atomic E-state index is 0.857. The summed E-state index contributed by atoms with van der Waals surface area (Å²) in [4.78, 5) is 2.44. The third-order valence-electron chi connectivity index (χ3n) is 12.5. The molecule has 0 aliphatic rings. The van der Waals surface area contributed by atoms with Crippen LogP contribution in [0.3, 0.4) is 0 Å². The fraction of sp³-hybridized carbons (Fsp3) is 0. The summed E-state index contributed by atoms with van der Waals surface area (Å²) in [5.74, 6) is 0. The van der Waals surface area contributed by atoms with Crippen LogP contribution in [0.25, 0.3) is 98.8 Å². The Bertz CT molecular complexity index is 3630. The van der Waals surface area contributed by atoms with Gasteiger partial charge in [0.1, 0.15) is 11.2 Å². The van der Waals surface area contributed by atoms with Crippen molar-refractivity contribution < 1.29 is 4.42 Å². The predicted octanol–water partition coefficient (Wildman–Crippen LogP) is 17.2. The smallest absolute Gasteiger partial charge is 0.145 e. The maximum Gasteiger partial charge on any atom is 0.145 e. The number of rotatable bonds is 7. The van der Waals surface area contributed by atoms with Crippen molar-refractivity contribution in [1.29, 1.82) is 0 Å². The largest absolute Gasteiger partial charge is 0.455 e. The zero-order valence-electron chi connectivity index (χ0n) is 33.9. The van der Waals surface area contributed by atoms with E-state index in [2.05, 4.69) is 241 Å². The normalized spacial score (nSPS) is 11.5. The summed E-state index contributed by atoms with van der Waals surface area (Å²) < 4.78 is 7.04. The van der Waals surface area contributed by atoms with Crippen LogP contribution in [-0.2, 0) is 0 Å². The molecule has 0 saturated heterocycles. The molecule has 0 unspecified atom stereocenters. The van der Waals surface area contributed by atoms with Crippen molar-refractivity contribution in [3.05, 3.63) is 237 Å². The van der Waals surface area contributed by atoms with Crippen LogP contribution >= 0.6 is 0 Å². The van der Waals surface area contributed by atoms with Gasteiger partial charge < -0.3 is 9.32 Å². The summed E-state index contributed by atoms with van der Waals surface area (Å²) in [5.41, 5.74) is 14.2. The van der Waals surface area contributed by atoms with Crippen LogP contribution < -0.4 is 4.90 Å². The molecule has 0 saturated carbocycles. The average molecular weight is 790 g/mol. The van der Waals surface area contributed by atoms with Gasteiger partial charge in [-0.2, -0.15) is 0 Å². The first kappa shape index (κ1) is 35.7. The van der Waals surface area contributed by atoms with Crippen molar-refractivity contribution in [2.75, 3.05) is 4.90 Å². The number of furan rings is 1. The molecule has 0 bridgehead atoms. The van der Waals surface area contributed by atoms with Gasteiger partial charge in [0.2, 0.25) is 0 Å². The Morgan fingerprint density at radius 2 is 0.871 bits per heavy atom. The van der Waals surface area contributed by atoms with E-state index in [0.717, 1.165) is 55.7 Å². The fourth-order valence-corrected chi connectivity index (χ4v) is 9.65. The lowest BCUT2D eigenvalue weighted by Gasteiger charge is -2.29. The van der Waals surface area contributed by atoms with E-state index in [0.29, 0.717) is 0 Å². The summed E-state index contributed by atoms with van der Waals surface area (Å²) in [7, 11) is 0. The maximum absolute atomic E-state index is 7.04. The fourth-order valence-electron chi connectivity index (χ4n) is 9.65. The standard InChI is InChI=1S/C60H39NO/c1-2-17-40(18-3-1)47-23-8-9-26-50(47)52-28-12-14-31-56(52)61(44-35-33-42(34-36-44)46-30-16-21-41-19-4-6-22-45(41)46)57-38-37-53(60-59(57)54-29-13-15-32-58(54)62-60)55-39-43-20-5-7-24-48(43)49-25-10-11-27-51(49)55/h1-39H. The van der Waals surface area contributed by atoms with E-state index in [1.165, 1.54) is 60.1 Å². The number of anilines is 3. The Morgan fingerprint density at radius 1 is 0.290 bits per heavy atom. The monoisotopic (exact) mass is 789 g/mol. The van der Waals surface area contributed by atoms with E-state index in [4.69, 9.17) is 4.42 Å². The SMILES string of the molecule is c1ccc(-c2ccccc2-c2ccccc2N(c2ccc(-c3cccc4ccccc34)cc2)c2ccc(-c3cc4ccccc4c4ccccc34)c3oc4ccccc4c23)cc1. The van der Waals surface area contributed by atoms with Gasteiger partial charge in [-0.3, -0.25) is 0 Å². The highest BCUT2D eigenvalue weighted by Gasteiger charge is 2.25. The van der Waals surface area contributed by atoms with Gasteiger partial charge in [0.05, 0.1) is 16.8 Å². The Hall–Kier alpha value is -8.20. The second-order valence-electron chi connectivity index (χ2n) is 16.0. The van der Waals surface area contributed by atoms with Crippen molar-refractivity contribution in [1.82, 2.24) is 0 Å². The third-order valence-corrected chi connectivity index (χ3v) is 12.5. The van der Waals surface area contributed by atoms with E-state index in [1.54, 1.807) is 0 Å². The summed E-state index contributed by atoms with van der Waals surface area (Å²) in [6, 6.07) is 85.4. The highest BCUT2D eigenvalue weighted by molar-refractivity contribution is 6.21. The zero-order valence-corrected chi connectivity index (χ0v) is 33.9. The predicted molar refractivity (Wildman–Crippen MR) is 263 cm³/mol. The molecular formula is C60H39NO. The van der Waals surface area contributed by atoms with E-state index in [-0.39, 0.29) is 0 Å². The number of para-hydroxylation sites is 2. The van der Waals surface area contributed by atoms with Crippen LogP contribution in [0.15, 0.2) is 241 Å². The van der Waals surface area contributed by atoms with Crippen LogP contribution in [0.4, 0.5) is 17.1 Å². The molecule has 0 fully saturated rings. The Kier molecular flexibility index (Phi) is 8.53. The van der Waals surface area contributed by atoms with E-state index >= 15 is 0 Å². The van der Waals surface area contributed by atoms with Crippen LogP contribution in [0.2, 0.25) is 0 Å². The van der Waals surface area contributed by atoms with E-state index < -0.39 is 0 Å². The van der Waals surface area contributed by atoms with E-state index in [1.807, 2.05) is 0 Å². The first-order chi connectivity index (χ1) is 30.8. The molecule has 12 rings (SSSR count). The van der Waals surface area contributed by atoms with Crippen LogP contribution in [-0.4, -0.2) is 0 Å². The minimum absolute atomic E-state index is 0.857. The number of benzene rings is 11. The first-order valence-corrected chi connectivity index (χ1v) is 21.3. The highest BCUT2D eigenvalue weighted by atomic mass is 16.3. The molecule has 0 atom stereocenters. The van der Waals surface area contributed by atoms with Crippen LogP contribution in [0.5, 0.6) is 0 Å². The molecule has 0 aliphatic heterocycles. The molecule has 2 nitrogen and oxygen atoms in total. The maximum atomic E-state index is 7.04. The second-order valence-corrected chi connectivity index (χ2v) is 16.0. The van der Waals surface area contributed by atoms with Crippen LogP contribution in [0, 0.1) is 0 Å². The Labute approximate surface area is 360 Å². The van der Waals surface area contributed by atoms with Gasteiger partial charge in [-0.25, -0.2) is 0 Å². The number of nitrogens with zero attached hydrogens (tertiary/aromatic N) is 1. The summed E-state index contributed by atoms with van der Waals surface area (Å²) in [6.45, 7) is 0. The molecule has 0 spiro atoms. The molecule has 1 aromatic heterocycles. The zero-order chi connectivity index (χ0) is 41.0. The lowest BCUT2D eigenvalue weighted by molar-refractivity contribution is 0.670. The molecule has 0 amide bonds. The number of fused-ring (bicyclic) bond motifs is 7. The van der Waals surface area contributed by atoms with Crippen molar-refractivity contribution in [2.45, 2.75) is 0 Å². The Balaban J connectivity index is 1.13. The summed E-state index contributed by atoms with van der Waals surface area (Å²) in [6.07, 6.45) is 0. The van der Waals surface area contributed by atoms with Gasteiger partial charge in [0, 0.05) is 22.2 Å². The minimum Gasteiger partial charge on any atom is -0.455 e. The summed E-state index contributed by atoms with van der Waals surface area (Å²) in [5, 5.41) is 9.49. The molecule has 0 N–H and O–H groups in total. The third kappa shape index (κ3) is 5.88. The Morgan fingerprint density at radius 3 is 1.69 bits per heavy atom. The van der Waals surface area contributed by atoms with Gasteiger partial charge in [0.15, 0.2) is 0 Å². The molecule has 12 aromatic rings. The molecule has 290 valence electrons. The quantitative estimate of drug-likeness (QED) is 0.150. The van der Waals surface area contributed by atoms with Crippen molar-refractivity contribution in [3.63, 3.8) is 0 Å². The summed E-state index contributed by atoms with van der Waals surface area (Å²) >= 11 is 0. The van der Waals surface area contributed by atoms with Gasteiger partial charge in [-0.15, -0.1) is 0 Å². The molecular weight excluding hydrogens is 751 g/mol. The lowest BCUT2D eigenvalue weighted by atomic mass is 9.91. The average Bonchev–Trinajstić information content (AvgIpc) is 3.75. The van der Waals surface area contributed by atoms with Gasteiger partial charge in [-0.1, -0.05) is 194 Å². The van der Waals surface area contributed by atoms with Gasteiger partial charge >= 0.3 is 0 Å². The van der Waals surface area contributed by atoms with Gasteiger partial charge in [-0.05, 0) is 108 Å². The van der Waals surface area contributed by atoms with Crippen molar-refractivity contribution >= 4 is 71.3 Å². The first-order valence-electron chi connectivity index (χ1n) is 21.3. The highest BCUT2D eigenvalue weighted by Crippen LogP contribution is 2.50. The topological polar surface area (TPSA) is 16.4 Å². The molecule has 1 heterocycles. The molecule has 0 aliphatic carbocycles. The van der Waals surface area contributed by atoms with Gasteiger partial charge in [0.25, 0.3) is 0 Å². The molecule has 62 heavy (non-hydrogen) atoms. The molecule has 2 heteroatoms. The van der Waals surface area contributed by atoms with Crippen molar-refractivity contribution in [3.8, 4) is 44.5 Å². The van der Waals surface area contributed by atoms with Crippen molar-refractivity contribution in [2.24, 2.45) is 0 Å². The molecule has 0 radical (unpaired) electrons. The molecule has 11 aromatic carbocycles. The number of hydrogen-bond acceptors (Lipinski definition) is 2. The second kappa shape index (κ2) is 14.8. The van der Waals surface area contributed by atoms with Crippen LogP contribution in [0.1, 0.15) is 0 Å².